The number of rotatable bonds is 7. The molecule has 0 spiro atoms. The van der Waals surface area contributed by atoms with Crippen LogP contribution in [0.5, 0.6) is 0 Å². The van der Waals surface area contributed by atoms with E-state index in [0.29, 0.717) is 22.5 Å². The van der Waals surface area contributed by atoms with Crippen LogP contribution in [-0.2, 0) is 11.2 Å². The van der Waals surface area contributed by atoms with Crippen LogP contribution in [0.4, 0.5) is 17.6 Å². The Hall–Kier alpha value is -3.31. The predicted molar refractivity (Wildman–Crippen MR) is 124 cm³/mol. The predicted octanol–water partition coefficient (Wildman–Crippen LogP) is 5.38. The molecule has 3 rings (SSSR count). The summed E-state index contributed by atoms with van der Waals surface area (Å²) in [4.78, 5) is 15.4. The van der Waals surface area contributed by atoms with E-state index in [-0.39, 0.29) is 24.1 Å². The minimum Gasteiger partial charge on any atom is -0.478 e. The van der Waals surface area contributed by atoms with Crippen LogP contribution in [0.2, 0.25) is 0 Å². The highest BCUT2D eigenvalue weighted by Gasteiger charge is 2.42. The van der Waals surface area contributed by atoms with E-state index in [0.717, 1.165) is 24.3 Å². The first-order chi connectivity index (χ1) is 16.0. The van der Waals surface area contributed by atoms with Gasteiger partial charge in [-0.15, -0.1) is 6.42 Å². The quantitative estimate of drug-likeness (QED) is 0.322. The minimum atomic E-state index is -1.77. The van der Waals surface area contributed by atoms with E-state index in [9.17, 15) is 13.6 Å². The fraction of sp³-hybridized carbons (Fsp3) is 0.346. The molecule has 1 aromatic heterocycles. The Morgan fingerprint density at radius 1 is 1.32 bits per heavy atom. The summed E-state index contributed by atoms with van der Waals surface area (Å²) in [6.07, 6.45) is 10.5. The van der Waals surface area contributed by atoms with E-state index in [1.807, 2.05) is 0 Å². The molecule has 0 aliphatic carbocycles. The Balaban J connectivity index is 2.26. The molecule has 2 heterocycles. The molecule has 4 nitrogen and oxygen atoms in total. The first kappa shape index (κ1) is 25.3. The Morgan fingerprint density at radius 2 is 1.97 bits per heavy atom. The molecule has 0 saturated carbocycles. The molecule has 2 unspecified atom stereocenters. The van der Waals surface area contributed by atoms with Gasteiger partial charge >= 0.3 is 5.97 Å². The Bertz CT molecular complexity index is 1160. The van der Waals surface area contributed by atoms with E-state index in [2.05, 4.69) is 10.9 Å². The van der Waals surface area contributed by atoms with Crippen molar-refractivity contribution in [3.63, 3.8) is 0 Å². The summed E-state index contributed by atoms with van der Waals surface area (Å²) in [6, 6.07) is 0.0454. The summed E-state index contributed by atoms with van der Waals surface area (Å²) in [5.74, 6) is -0.768. The first-order valence-electron chi connectivity index (χ1n) is 10.7. The SMILES string of the molecule is C#C/C=C\c1c(C)[nH]c2c1CC(CF)N(CC(C)(C)F)C2c1c(F)cc(/C=C/C(=O)O)cc1F. The molecule has 180 valence electrons. The number of carboxylic acid groups (broad SMARTS) is 1. The molecule has 0 radical (unpaired) electrons. The zero-order valence-corrected chi connectivity index (χ0v) is 19.1. The fourth-order valence-electron chi connectivity index (χ4n) is 4.49. The molecule has 2 atom stereocenters. The Kier molecular flexibility index (Phi) is 7.37. The maximum atomic E-state index is 15.4. The van der Waals surface area contributed by atoms with Crippen molar-refractivity contribution in [2.24, 2.45) is 0 Å². The number of aryl methyl sites for hydroxylation is 1. The van der Waals surface area contributed by atoms with Gasteiger partial charge in [-0.2, -0.15) is 0 Å². The van der Waals surface area contributed by atoms with Crippen molar-refractivity contribution in [3.05, 3.63) is 69.6 Å². The van der Waals surface area contributed by atoms with E-state index in [1.54, 1.807) is 13.0 Å². The number of benzene rings is 1. The lowest BCUT2D eigenvalue weighted by atomic mass is 9.86. The monoisotopic (exact) mass is 474 g/mol. The zero-order valence-electron chi connectivity index (χ0n) is 19.1. The Labute approximate surface area is 196 Å². The van der Waals surface area contributed by atoms with Crippen molar-refractivity contribution in [1.82, 2.24) is 9.88 Å². The van der Waals surface area contributed by atoms with Crippen LogP contribution < -0.4 is 0 Å². The van der Waals surface area contributed by atoms with Gasteiger partial charge in [0.2, 0.25) is 0 Å². The maximum absolute atomic E-state index is 15.4. The van der Waals surface area contributed by atoms with Gasteiger partial charge < -0.3 is 10.1 Å². The van der Waals surface area contributed by atoms with Gasteiger partial charge in [-0.1, -0.05) is 5.92 Å². The van der Waals surface area contributed by atoms with Crippen molar-refractivity contribution in [1.29, 1.82) is 0 Å². The number of carboxylic acids is 1. The molecule has 1 aromatic carbocycles. The number of carbonyl (C=O) groups is 1. The third kappa shape index (κ3) is 5.26. The van der Waals surface area contributed by atoms with E-state index in [4.69, 9.17) is 11.5 Å². The van der Waals surface area contributed by atoms with Crippen LogP contribution in [0.3, 0.4) is 0 Å². The van der Waals surface area contributed by atoms with Crippen molar-refractivity contribution < 1.29 is 27.5 Å². The van der Waals surface area contributed by atoms with Gasteiger partial charge in [-0.25, -0.2) is 22.4 Å². The second kappa shape index (κ2) is 9.90. The van der Waals surface area contributed by atoms with Crippen LogP contribution in [-0.4, -0.2) is 45.9 Å². The summed E-state index contributed by atoms with van der Waals surface area (Å²) >= 11 is 0. The van der Waals surface area contributed by atoms with Crippen LogP contribution in [0.15, 0.2) is 24.3 Å². The van der Waals surface area contributed by atoms with Gasteiger partial charge in [0.1, 0.15) is 24.0 Å². The summed E-state index contributed by atoms with van der Waals surface area (Å²) < 4.78 is 59.8. The number of aliphatic carboxylic acids is 1. The number of halogens is 4. The maximum Gasteiger partial charge on any atom is 0.328 e. The summed E-state index contributed by atoms with van der Waals surface area (Å²) in [5.41, 5.74) is 0.364. The highest BCUT2D eigenvalue weighted by molar-refractivity contribution is 5.85. The molecular formula is C26H26F4N2O2. The third-order valence-electron chi connectivity index (χ3n) is 5.77. The molecule has 0 amide bonds. The molecule has 0 bridgehead atoms. The molecular weight excluding hydrogens is 448 g/mol. The molecule has 8 heteroatoms. The number of aromatic nitrogens is 1. The van der Waals surface area contributed by atoms with Crippen LogP contribution in [0.1, 0.15) is 53.5 Å². The zero-order chi connectivity index (χ0) is 25.2. The number of nitrogens with zero attached hydrogens (tertiary/aromatic N) is 1. The molecule has 0 saturated heterocycles. The van der Waals surface area contributed by atoms with Crippen molar-refractivity contribution in [2.75, 3.05) is 13.2 Å². The molecule has 2 aromatic rings. The lowest BCUT2D eigenvalue weighted by Crippen LogP contribution is -2.50. The fourth-order valence-corrected chi connectivity index (χ4v) is 4.49. The van der Waals surface area contributed by atoms with Crippen molar-refractivity contribution in [2.45, 2.75) is 44.9 Å². The topological polar surface area (TPSA) is 56.3 Å². The largest absolute Gasteiger partial charge is 0.478 e. The number of alkyl halides is 2. The van der Waals surface area contributed by atoms with Gasteiger partial charge in [-0.05, 0) is 74.2 Å². The van der Waals surface area contributed by atoms with E-state index < -0.39 is 42.0 Å². The van der Waals surface area contributed by atoms with Gasteiger partial charge in [-0.3, -0.25) is 4.90 Å². The molecule has 34 heavy (non-hydrogen) atoms. The van der Waals surface area contributed by atoms with E-state index >= 15 is 8.78 Å². The number of hydrogen-bond donors (Lipinski definition) is 2. The standard InChI is InChI=1S/C26H26F4N2O2/c1-5-6-7-18-15(2)31-24-19(18)12-17(13-27)32(14-26(3,4)30)25(24)23-20(28)10-16(11-21(23)29)8-9-22(33)34/h1,6-11,17,25,31H,12-14H2,2-4H3,(H,33,34)/b7-6-,9-8+. The number of nitrogens with one attached hydrogen (secondary N) is 1. The van der Waals surface area contributed by atoms with Crippen molar-refractivity contribution >= 4 is 18.1 Å². The average Bonchev–Trinajstić information content (AvgIpc) is 3.04. The lowest BCUT2D eigenvalue weighted by molar-refractivity contribution is -0.131. The number of terminal acetylenes is 1. The van der Waals surface area contributed by atoms with Crippen molar-refractivity contribution in [3.8, 4) is 12.3 Å². The summed E-state index contributed by atoms with van der Waals surface area (Å²) in [6.45, 7) is 3.30. The molecule has 1 aliphatic heterocycles. The van der Waals surface area contributed by atoms with Crippen LogP contribution in [0, 0.1) is 30.9 Å². The molecule has 2 N–H and O–H groups in total. The normalized spacial score (nSPS) is 19.0. The molecule has 0 fully saturated rings. The smallest absolute Gasteiger partial charge is 0.328 e. The second-order valence-corrected chi connectivity index (χ2v) is 8.93. The highest BCUT2D eigenvalue weighted by Crippen LogP contribution is 2.43. The molecule has 1 aliphatic rings. The number of aromatic amines is 1. The number of fused-ring (bicyclic) bond motifs is 1. The minimum absolute atomic E-state index is 0.0110. The Morgan fingerprint density at radius 3 is 2.50 bits per heavy atom. The van der Waals surface area contributed by atoms with Crippen LogP contribution >= 0.6 is 0 Å². The third-order valence-corrected chi connectivity index (χ3v) is 5.77. The van der Waals surface area contributed by atoms with Crippen LogP contribution in [0.25, 0.3) is 12.2 Å². The lowest BCUT2D eigenvalue weighted by Gasteiger charge is -2.43. The van der Waals surface area contributed by atoms with E-state index in [1.165, 1.54) is 24.8 Å². The van der Waals surface area contributed by atoms with Gasteiger partial charge in [0.25, 0.3) is 0 Å². The van der Waals surface area contributed by atoms with Gasteiger partial charge in [0.15, 0.2) is 0 Å². The number of H-pyrrole nitrogens is 1. The highest BCUT2D eigenvalue weighted by atomic mass is 19.1. The first-order valence-corrected chi connectivity index (χ1v) is 10.7. The number of allylic oxidation sites excluding steroid dienone is 1. The second-order valence-electron chi connectivity index (χ2n) is 8.93. The number of hydrogen-bond acceptors (Lipinski definition) is 2. The summed E-state index contributed by atoms with van der Waals surface area (Å²) in [7, 11) is 0. The van der Waals surface area contributed by atoms with Gasteiger partial charge in [0.05, 0.1) is 6.04 Å². The van der Waals surface area contributed by atoms with Gasteiger partial charge in [0, 0.05) is 35.6 Å². The average molecular weight is 474 g/mol. The summed E-state index contributed by atoms with van der Waals surface area (Å²) in [5, 5.41) is 8.80.